The molecule has 10 heteroatoms. The molecule has 0 saturated heterocycles. The molecule has 108 valence electrons. The van der Waals surface area contributed by atoms with Gasteiger partial charge in [-0.25, -0.2) is 18.6 Å². The summed E-state index contributed by atoms with van der Waals surface area (Å²) in [7, 11) is 0. The van der Waals surface area contributed by atoms with Crippen LogP contribution in [0.25, 0.3) is 0 Å². The van der Waals surface area contributed by atoms with Crippen molar-refractivity contribution in [3.63, 3.8) is 0 Å². The van der Waals surface area contributed by atoms with E-state index in [9.17, 15) is 13.6 Å². The van der Waals surface area contributed by atoms with Gasteiger partial charge in [0.2, 0.25) is 5.13 Å². The molecule has 2 rings (SSSR count). The van der Waals surface area contributed by atoms with Crippen molar-refractivity contribution in [3.05, 3.63) is 21.1 Å². The molecule has 2 heterocycles. The number of halogens is 2. The van der Waals surface area contributed by atoms with Crippen LogP contribution in [0.2, 0.25) is 0 Å². The molecule has 1 atom stereocenters. The van der Waals surface area contributed by atoms with Crippen LogP contribution in [0.15, 0.2) is 5.38 Å². The number of nitrogens with one attached hydrogen (secondary N) is 2. The molecule has 0 radical (unpaired) electrons. The van der Waals surface area contributed by atoms with E-state index in [1.54, 1.807) is 6.92 Å². The number of hydrogen-bond acceptors (Lipinski definition) is 6. The number of aromatic nitrogens is 3. The number of rotatable bonds is 4. The third-order valence-electron chi connectivity index (χ3n) is 2.20. The lowest BCUT2D eigenvalue weighted by molar-refractivity contribution is 0.150. The zero-order valence-electron chi connectivity index (χ0n) is 10.6. The van der Waals surface area contributed by atoms with Crippen LogP contribution in [0.3, 0.4) is 0 Å². The van der Waals surface area contributed by atoms with Crippen molar-refractivity contribution < 1.29 is 13.6 Å². The lowest BCUT2D eigenvalue weighted by atomic mass is 10.3. The number of carbonyl (C=O) groups excluding carboxylic acids is 1. The minimum absolute atomic E-state index is 0.0281. The second-order valence-electron chi connectivity index (χ2n) is 3.89. The highest BCUT2D eigenvalue weighted by Gasteiger charge is 2.17. The van der Waals surface area contributed by atoms with E-state index in [0.29, 0.717) is 11.3 Å². The SMILES string of the molecule is Cc1csc([C@@H](C)NC(=O)Nc2nnc(C(F)F)s2)n1. The maximum atomic E-state index is 12.3. The van der Waals surface area contributed by atoms with Gasteiger partial charge >= 0.3 is 6.03 Å². The highest BCUT2D eigenvalue weighted by molar-refractivity contribution is 7.15. The fraction of sp³-hybridized carbons (Fsp3) is 0.400. The molecule has 0 aliphatic carbocycles. The number of aryl methyl sites for hydroxylation is 1. The van der Waals surface area contributed by atoms with E-state index >= 15 is 0 Å². The second kappa shape index (κ2) is 6.18. The van der Waals surface area contributed by atoms with Gasteiger partial charge in [-0.1, -0.05) is 11.3 Å². The molecule has 0 spiro atoms. The summed E-state index contributed by atoms with van der Waals surface area (Å²) in [4.78, 5) is 15.9. The van der Waals surface area contributed by atoms with Crippen LogP contribution in [-0.4, -0.2) is 21.2 Å². The molecule has 0 aliphatic heterocycles. The molecule has 6 nitrogen and oxygen atoms in total. The minimum atomic E-state index is -2.69. The highest BCUT2D eigenvalue weighted by Crippen LogP contribution is 2.25. The molecule has 0 bridgehead atoms. The van der Waals surface area contributed by atoms with E-state index in [2.05, 4.69) is 25.8 Å². The van der Waals surface area contributed by atoms with Crippen LogP contribution < -0.4 is 10.6 Å². The van der Waals surface area contributed by atoms with Crippen molar-refractivity contribution in [2.45, 2.75) is 26.3 Å². The maximum absolute atomic E-state index is 12.3. The van der Waals surface area contributed by atoms with Crippen molar-refractivity contribution >= 4 is 33.8 Å². The fourth-order valence-corrected chi connectivity index (χ4v) is 2.73. The molecule has 2 amide bonds. The molecule has 2 N–H and O–H groups in total. The Morgan fingerprint density at radius 3 is 2.65 bits per heavy atom. The third-order valence-corrected chi connectivity index (χ3v) is 4.19. The zero-order chi connectivity index (χ0) is 14.7. The normalized spacial score (nSPS) is 12.4. The lowest BCUT2D eigenvalue weighted by Crippen LogP contribution is -2.31. The number of hydrogen-bond donors (Lipinski definition) is 2. The predicted octanol–water partition coefficient (Wildman–Crippen LogP) is 3.12. The van der Waals surface area contributed by atoms with Gasteiger partial charge in [-0.2, -0.15) is 0 Å². The first-order valence-corrected chi connectivity index (χ1v) is 7.26. The molecule has 0 aliphatic rings. The molecular formula is C10H11F2N5OS2. The van der Waals surface area contributed by atoms with Gasteiger partial charge in [0.15, 0.2) is 5.01 Å². The predicted molar refractivity (Wildman–Crippen MR) is 72.3 cm³/mol. The smallest absolute Gasteiger partial charge is 0.321 e. The Morgan fingerprint density at radius 1 is 1.35 bits per heavy atom. The van der Waals surface area contributed by atoms with Crippen molar-refractivity contribution in [2.75, 3.05) is 5.32 Å². The summed E-state index contributed by atoms with van der Waals surface area (Å²) in [5.41, 5.74) is 0.879. The first-order chi connectivity index (χ1) is 9.45. The Labute approximate surface area is 121 Å². The van der Waals surface area contributed by atoms with E-state index in [4.69, 9.17) is 0 Å². The molecule has 20 heavy (non-hydrogen) atoms. The number of alkyl halides is 2. The monoisotopic (exact) mass is 319 g/mol. The van der Waals surface area contributed by atoms with Crippen LogP contribution in [0, 0.1) is 6.92 Å². The fourth-order valence-electron chi connectivity index (χ4n) is 1.34. The molecule has 2 aromatic rings. The van der Waals surface area contributed by atoms with Gasteiger partial charge in [-0.05, 0) is 13.8 Å². The Kier molecular flexibility index (Phi) is 4.55. The summed E-state index contributed by atoms with van der Waals surface area (Å²) in [6.07, 6.45) is -2.69. The molecular weight excluding hydrogens is 308 g/mol. The molecule has 2 aromatic heterocycles. The summed E-state index contributed by atoms with van der Waals surface area (Å²) in [6.45, 7) is 3.64. The van der Waals surface area contributed by atoms with Gasteiger partial charge in [0, 0.05) is 11.1 Å². The molecule has 0 saturated carbocycles. The van der Waals surface area contributed by atoms with Gasteiger partial charge in [0.1, 0.15) is 5.01 Å². The van der Waals surface area contributed by atoms with Gasteiger partial charge in [0.05, 0.1) is 6.04 Å². The van der Waals surface area contributed by atoms with Crippen molar-refractivity contribution in [1.82, 2.24) is 20.5 Å². The number of nitrogens with zero attached hydrogens (tertiary/aromatic N) is 3. The average molecular weight is 319 g/mol. The second-order valence-corrected chi connectivity index (χ2v) is 5.79. The van der Waals surface area contributed by atoms with E-state index in [1.165, 1.54) is 11.3 Å². The largest absolute Gasteiger partial charge is 0.329 e. The Bertz CT molecular complexity index is 600. The van der Waals surface area contributed by atoms with Gasteiger partial charge in [-0.15, -0.1) is 21.5 Å². The molecule has 0 fully saturated rings. The first kappa shape index (κ1) is 14.7. The average Bonchev–Trinajstić information content (AvgIpc) is 2.98. The van der Waals surface area contributed by atoms with Crippen LogP contribution in [-0.2, 0) is 0 Å². The minimum Gasteiger partial charge on any atom is -0.329 e. The van der Waals surface area contributed by atoms with Crippen molar-refractivity contribution in [2.24, 2.45) is 0 Å². The summed E-state index contributed by atoms with van der Waals surface area (Å²) in [6, 6.07) is -0.821. The number of urea groups is 1. The quantitative estimate of drug-likeness (QED) is 0.907. The van der Waals surface area contributed by atoms with Crippen LogP contribution in [0.5, 0.6) is 0 Å². The van der Waals surface area contributed by atoms with E-state index in [-0.39, 0.29) is 11.2 Å². The van der Waals surface area contributed by atoms with Crippen LogP contribution in [0.4, 0.5) is 18.7 Å². The molecule has 0 aromatic carbocycles. The summed E-state index contributed by atoms with van der Waals surface area (Å²) in [5.74, 6) is 0. The van der Waals surface area contributed by atoms with Crippen molar-refractivity contribution in [3.8, 4) is 0 Å². The zero-order valence-corrected chi connectivity index (χ0v) is 12.2. The van der Waals surface area contributed by atoms with E-state index < -0.39 is 17.5 Å². The standard InChI is InChI=1S/C10H11F2N5OS2/c1-4-3-19-7(13-4)5(2)14-9(18)15-10-17-16-8(20-10)6(11)12/h3,5-6H,1-2H3,(H2,14,15,17,18)/t5-/m1/s1. The first-order valence-electron chi connectivity index (χ1n) is 5.57. The summed E-state index contributed by atoms with van der Waals surface area (Å²) < 4.78 is 24.6. The number of amides is 2. The van der Waals surface area contributed by atoms with E-state index in [0.717, 1.165) is 10.7 Å². The third kappa shape index (κ3) is 3.67. The van der Waals surface area contributed by atoms with Crippen molar-refractivity contribution in [1.29, 1.82) is 0 Å². The van der Waals surface area contributed by atoms with Crippen LogP contribution >= 0.6 is 22.7 Å². The van der Waals surface area contributed by atoms with E-state index in [1.807, 2.05) is 12.3 Å². The van der Waals surface area contributed by atoms with Gasteiger partial charge in [0.25, 0.3) is 6.43 Å². The topological polar surface area (TPSA) is 79.8 Å². The lowest BCUT2D eigenvalue weighted by Gasteiger charge is -2.10. The summed E-state index contributed by atoms with van der Waals surface area (Å²) in [5, 5.41) is 14.0. The number of carbonyl (C=O) groups is 1. The van der Waals surface area contributed by atoms with Crippen LogP contribution in [0.1, 0.15) is 35.1 Å². The maximum Gasteiger partial charge on any atom is 0.321 e. The van der Waals surface area contributed by atoms with Gasteiger partial charge in [-0.3, -0.25) is 5.32 Å². The Balaban J connectivity index is 1.91. The highest BCUT2D eigenvalue weighted by atomic mass is 32.1. The molecule has 0 unspecified atom stereocenters. The Hall–Kier alpha value is -1.68. The number of thiazole rings is 1. The number of anilines is 1. The summed E-state index contributed by atoms with van der Waals surface area (Å²) >= 11 is 2.07. The van der Waals surface area contributed by atoms with Gasteiger partial charge < -0.3 is 5.32 Å². The Morgan fingerprint density at radius 2 is 2.10 bits per heavy atom.